The minimum Gasteiger partial charge on any atom is -0.377 e. The molecule has 308 valence electrons. The van der Waals surface area contributed by atoms with Crippen LogP contribution in [0.25, 0.3) is 0 Å². The highest BCUT2D eigenvalue weighted by Gasteiger charge is 2.19. The smallest absolute Gasteiger partial charge is 0.0750 e. The summed E-state index contributed by atoms with van der Waals surface area (Å²) in [5.41, 5.74) is -0.124. The average Bonchev–Trinajstić information content (AvgIpc) is 3.10. The van der Waals surface area contributed by atoms with Crippen molar-refractivity contribution in [3.05, 3.63) is 0 Å². The van der Waals surface area contributed by atoms with Crippen LogP contribution >= 0.6 is 0 Å². The van der Waals surface area contributed by atoms with Crippen LogP contribution in [0.15, 0.2) is 0 Å². The first-order valence-corrected chi connectivity index (χ1v) is 23.9. The second-order valence-electron chi connectivity index (χ2n) is 17.7. The molecule has 0 aromatic heterocycles. The molecule has 1 N–H and O–H groups in total. The van der Waals surface area contributed by atoms with E-state index >= 15 is 0 Å². The highest BCUT2D eigenvalue weighted by molar-refractivity contribution is 4.74. The van der Waals surface area contributed by atoms with Crippen LogP contribution in [-0.4, -0.2) is 38.0 Å². The predicted octanol–water partition coefficient (Wildman–Crippen LogP) is 16.1. The van der Waals surface area contributed by atoms with Gasteiger partial charge in [-0.2, -0.15) is 0 Å². The molecule has 0 amide bonds. The lowest BCUT2D eigenvalue weighted by atomic mass is 10.0. The van der Waals surface area contributed by atoms with E-state index in [2.05, 4.69) is 46.9 Å². The van der Waals surface area contributed by atoms with Crippen molar-refractivity contribution in [2.75, 3.05) is 26.3 Å². The standard InChI is InChI=1S/C48H99NO2/c1-7-9-11-13-15-17-19-21-23-25-26-28-30-32-34-36-38-40-47(44-49-45-48(5,6)51-43-41-46(3)4)50-42-39-37-35-33-31-29-27-24-22-20-18-16-14-12-10-8-2/h46-47,49H,7-45H2,1-6H3. The summed E-state index contributed by atoms with van der Waals surface area (Å²) >= 11 is 0. The molecule has 0 heterocycles. The Morgan fingerprint density at radius 3 is 1.10 bits per heavy atom. The quantitative estimate of drug-likeness (QED) is 0.0636. The van der Waals surface area contributed by atoms with Crippen LogP contribution in [0.5, 0.6) is 0 Å². The van der Waals surface area contributed by atoms with Gasteiger partial charge in [0.2, 0.25) is 0 Å². The number of nitrogens with one attached hydrogen (secondary N) is 1. The molecule has 1 unspecified atom stereocenters. The Kier molecular flexibility index (Phi) is 41.0. The lowest BCUT2D eigenvalue weighted by Crippen LogP contribution is -2.41. The molecule has 0 bridgehead atoms. The minimum absolute atomic E-state index is 0.124. The highest BCUT2D eigenvalue weighted by atomic mass is 16.5. The first kappa shape index (κ1) is 50.9. The fourth-order valence-corrected chi connectivity index (χ4v) is 7.40. The molecule has 3 heteroatoms. The van der Waals surface area contributed by atoms with Crippen molar-refractivity contribution in [1.82, 2.24) is 5.32 Å². The van der Waals surface area contributed by atoms with Gasteiger partial charge in [-0.15, -0.1) is 0 Å². The van der Waals surface area contributed by atoms with E-state index in [0.717, 1.165) is 32.7 Å². The van der Waals surface area contributed by atoms with E-state index < -0.39 is 0 Å². The SMILES string of the molecule is CCCCCCCCCCCCCCCCCCCC(CNCC(C)(C)OCCC(C)C)OCCCCCCCCCCCCCCCCCC. The topological polar surface area (TPSA) is 30.5 Å². The van der Waals surface area contributed by atoms with Gasteiger partial charge in [0.15, 0.2) is 0 Å². The second-order valence-corrected chi connectivity index (χ2v) is 17.7. The summed E-state index contributed by atoms with van der Waals surface area (Å²) in [6, 6.07) is 0. The lowest BCUT2D eigenvalue weighted by Gasteiger charge is -2.28. The zero-order chi connectivity index (χ0) is 37.4. The number of hydrogen-bond donors (Lipinski definition) is 1. The Labute approximate surface area is 324 Å². The van der Waals surface area contributed by atoms with Gasteiger partial charge < -0.3 is 14.8 Å². The van der Waals surface area contributed by atoms with E-state index in [1.807, 2.05) is 0 Å². The van der Waals surface area contributed by atoms with Gasteiger partial charge in [0, 0.05) is 26.3 Å². The average molecular weight is 722 g/mol. The number of rotatable bonds is 44. The molecule has 0 aliphatic carbocycles. The zero-order valence-electron chi connectivity index (χ0n) is 36.5. The molecule has 0 rings (SSSR count). The molecule has 0 aromatic rings. The van der Waals surface area contributed by atoms with Gasteiger partial charge in [0.05, 0.1) is 11.7 Å². The summed E-state index contributed by atoms with van der Waals surface area (Å²) in [6.45, 7) is 17.2. The molecule has 1 atom stereocenters. The first-order valence-electron chi connectivity index (χ1n) is 23.9. The summed E-state index contributed by atoms with van der Waals surface area (Å²) < 4.78 is 12.7. The van der Waals surface area contributed by atoms with Crippen LogP contribution < -0.4 is 5.32 Å². The van der Waals surface area contributed by atoms with Gasteiger partial charge in [0.25, 0.3) is 0 Å². The fourth-order valence-electron chi connectivity index (χ4n) is 7.40. The molecule has 0 fully saturated rings. The number of unbranched alkanes of at least 4 members (excludes halogenated alkanes) is 31. The van der Waals surface area contributed by atoms with Crippen molar-refractivity contribution >= 4 is 0 Å². The Hall–Kier alpha value is -0.120. The van der Waals surface area contributed by atoms with E-state index in [1.54, 1.807) is 0 Å². The van der Waals surface area contributed by atoms with Crippen LogP contribution in [0.2, 0.25) is 0 Å². The van der Waals surface area contributed by atoms with Gasteiger partial charge in [0.1, 0.15) is 0 Å². The van der Waals surface area contributed by atoms with E-state index in [0.29, 0.717) is 12.0 Å². The molecule has 0 radical (unpaired) electrons. The maximum Gasteiger partial charge on any atom is 0.0750 e. The number of hydrogen-bond acceptors (Lipinski definition) is 3. The highest BCUT2D eigenvalue weighted by Crippen LogP contribution is 2.17. The third-order valence-corrected chi connectivity index (χ3v) is 11.1. The molecule has 3 nitrogen and oxygen atoms in total. The molecular formula is C48H99NO2. The molecular weight excluding hydrogens is 623 g/mol. The van der Waals surface area contributed by atoms with E-state index in [9.17, 15) is 0 Å². The maximum absolute atomic E-state index is 6.51. The van der Waals surface area contributed by atoms with E-state index in [1.165, 1.54) is 218 Å². The maximum atomic E-state index is 6.51. The van der Waals surface area contributed by atoms with Crippen molar-refractivity contribution in [2.24, 2.45) is 5.92 Å². The zero-order valence-corrected chi connectivity index (χ0v) is 36.5. The third-order valence-electron chi connectivity index (χ3n) is 11.1. The lowest BCUT2D eigenvalue weighted by molar-refractivity contribution is -0.0246. The van der Waals surface area contributed by atoms with Crippen LogP contribution in [0.3, 0.4) is 0 Å². The van der Waals surface area contributed by atoms with Crippen molar-refractivity contribution in [1.29, 1.82) is 0 Å². The van der Waals surface area contributed by atoms with Crippen molar-refractivity contribution in [3.8, 4) is 0 Å². The van der Waals surface area contributed by atoms with Gasteiger partial charge in [-0.25, -0.2) is 0 Å². The Bertz CT molecular complexity index is 597. The van der Waals surface area contributed by atoms with Crippen molar-refractivity contribution < 1.29 is 9.47 Å². The fraction of sp³-hybridized carbons (Fsp3) is 1.00. The Morgan fingerprint density at radius 1 is 0.412 bits per heavy atom. The second kappa shape index (κ2) is 41.1. The van der Waals surface area contributed by atoms with E-state index in [4.69, 9.17) is 9.47 Å². The Balaban J connectivity index is 4.00. The van der Waals surface area contributed by atoms with Crippen LogP contribution in [-0.2, 0) is 9.47 Å². The van der Waals surface area contributed by atoms with Gasteiger partial charge in [-0.05, 0) is 39.0 Å². The monoisotopic (exact) mass is 722 g/mol. The number of ether oxygens (including phenoxy) is 2. The summed E-state index contributed by atoms with van der Waals surface area (Å²) in [5, 5.41) is 3.73. The van der Waals surface area contributed by atoms with Crippen molar-refractivity contribution in [2.45, 2.75) is 278 Å². The van der Waals surface area contributed by atoms with Gasteiger partial charge >= 0.3 is 0 Å². The summed E-state index contributed by atoms with van der Waals surface area (Å²) in [7, 11) is 0. The van der Waals surface area contributed by atoms with Gasteiger partial charge in [-0.3, -0.25) is 0 Å². The summed E-state index contributed by atoms with van der Waals surface area (Å²) in [4.78, 5) is 0. The van der Waals surface area contributed by atoms with Crippen LogP contribution in [0.4, 0.5) is 0 Å². The molecule has 0 aliphatic heterocycles. The van der Waals surface area contributed by atoms with Gasteiger partial charge in [-0.1, -0.05) is 233 Å². The minimum atomic E-state index is -0.124. The summed E-state index contributed by atoms with van der Waals surface area (Å²) in [5.74, 6) is 0.695. The predicted molar refractivity (Wildman–Crippen MR) is 230 cm³/mol. The normalized spacial score (nSPS) is 12.8. The molecule has 0 saturated carbocycles. The summed E-state index contributed by atoms with van der Waals surface area (Å²) in [6.07, 6.45) is 49.7. The molecule has 0 aromatic carbocycles. The third kappa shape index (κ3) is 42.5. The van der Waals surface area contributed by atoms with Crippen molar-refractivity contribution in [3.63, 3.8) is 0 Å². The Morgan fingerprint density at radius 2 is 0.745 bits per heavy atom. The van der Waals surface area contributed by atoms with Crippen LogP contribution in [0, 0.1) is 5.92 Å². The molecule has 0 aliphatic rings. The molecule has 0 saturated heterocycles. The first-order chi connectivity index (χ1) is 24.9. The van der Waals surface area contributed by atoms with E-state index in [-0.39, 0.29) is 5.60 Å². The largest absolute Gasteiger partial charge is 0.377 e. The molecule has 51 heavy (non-hydrogen) atoms. The van der Waals surface area contributed by atoms with Crippen LogP contribution in [0.1, 0.15) is 266 Å². The molecule has 0 spiro atoms.